The van der Waals surface area contributed by atoms with E-state index in [0.717, 1.165) is 30.4 Å². The van der Waals surface area contributed by atoms with E-state index in [1.807, 2.05) is 48.2 Å². The van der Waals surface area contributed by atoms with E-state index in [1.165, 1.54) is 5.56 Å². The van der Waals surface area contributed by atoms with Gasteiger partial charge in [0.15, 0.2) is 0 Å². The number of nitrogens with zero attached hydrogens (tertiary/aromatic N) is 2. The maximum absolute atomic E-state index is 12.9. The predicted molar refractivity (Wildman–Crippen MR) is 107 cm³/mol. The Labute approximate surface area is 166 Å². The van der Waals surface area contributed by atoms with Crippen LogP contribution in [-0.4, -0.2) is 34.8 Å². The third-order valence-corrected chi connectivity index (χ3v) is 6.33. The number of likely N-dealkylation sites (tertiary alicyclic amines) is 1. The SMILES string of the molecule is Cc1ccc(CC(=O)N2CC(C(=O)NCc3cccnc3)C3(CCC3)C2)cc1. The third kappa shape index (κ3) is 3.79. The van der Waals surface area contributed by atoms with Crippen molar-refractivity contribution in [2.75, 3.05) is 13.1 Å². The number of pyridine rings is 1. The number of aryl methyl sites for hydroxylation is 1. The quantitative estimate of drug-likeness (QED) is 0.872. The lowest BCUT2D eigenvalue weighted by Crippen LogP contribution is -2.45. The average molecular weight is 377 g/mol. The van der Waals surface area contributed by atoms with E-state index in [9.17, 15) is 9.59 Å². The number of carbonyl (C=O) groups is 2. The number of rotatable bonds is 5. The van der Waals surface area contributed by atoms with Crippen LogP contribution >= 0.6 is 0 Å². The fraction of sp³-hybridized carbons (Fsp3) is 0.435. The predicted octanol–water partition coefficient (Wildman–Crippen LogP) is 2.88. The van der Waals surface area contributed by atoms with Crippen molar-refractivity contribution >= 4 is 11.8 Å². The minimum atomic E-state index is -0.111. The van der Waals surface area contributed by atoms with Crippen LogP contribution in [0.1, 0.15) is 36.0 Å². The molecule has 1 unspecified atom stereocenters. The van der Waals surface area contributed by atoms with E-state index in [4.69, 9.17) is 0 Å². The Bertz CT molecular complexity index is 844. The second-order valence-corrected chi connectivity index (χ2v) is 8.28. The molecule has 1 aromatic carbocycles. The number of hydrogen-bond donors (Lipinski definition) is 1. The molecule has 146 valence electrons. The molecule has 1 saturated carbocycles. The van der Waals surface area contributed by atoms with Gasteiger partial charge in [0.05, 0.1) is 12.3 Å². The summed E-state index contributed by atoms with van der Waals surface area (Å²) >= 11 is 0. The summed E-state index contributed by atoms with van der Waals surface area (Å²) in [6.07, 6.45) is 7.11. The first-order valence-electron chi connectivity index (χ1n) is 10.1. The van der Waals surface area contributed by atoms with Gasteiger partial charge in [-0.05, 0) is 37.0 Å². The molecule has 1 aromatic heterocycles. The monoisotopic (exact) mass is 377 g/mol. The van der Waals surface area contributed by atoms with Crippen molar-refractivity contribution in [3.05, 3.63) is 65.5 Å². The van der Waals surface area contributed by atoms with Gasteiger partial charge in [0.2, 0.25) is 11.8 Å². The summed E-state index contributed by atoms with van der Waals surface area (Å²) in [4.78, 5) is 31.8. The summed E-state index contributed by atoms with van der Waals surface area (Å²) in [5, 5.41) is 3.06. The van der Waals surface area contributed by atoms with E-state index in [2.05, 4.69) is 10.3 Å². The van der Waals surface area contributed by atoms with Gasteiger partial charge in [0.1, 0.15) is 0 Å². The molecule has 2 aromatic rings. The van der Waals surface area contributed by atoms with Crippen LogP contribution in [0.4, 0.5) is 0 Å². The summed E-state index contributed by atoms with van der Waals surface area (Å²) in [6.45, 7) is 3.77. The lowest BCUT2D eigenvalue weighted by atomic mass is 9.62. The summed E-state index contributed by atoms with van der Waals surface area (Å²) < 4.78 is 0. The fourth-order valence-corrected chi connectivity index (χ4v) is 4.46. The van der Waals surface area contributed by atoms with Gasteiger partial charge >= 0.3 is 0 Å². The largest absolute Gasteiger partial charge is 0.352 e. The molecule has 5 heteroatoms. The van der Waals surface area contributed by atoms with Gasteiger partial charge in [-0.3, -0.25) is 14.6 Å². The van der Waals surface area contributed by atoms with Gasteiger partial charge < -0.3 is 10.2 Å². The number of carbonyl (C=O) groups excluding carboxylic acids is 2. The van der Waals surface area contributed by atoms with Crippen LogP contribution in [0.15, 0.2) is 48.8 Å². The van der Waals surface area contributed by atoms with E-state index in [-0.39, 0.29) is 23.1 Å². The first kappa shape index (κ1) is 18.7. The Morgan fingerprint density at radius 1 is 1.18 bits per heavy atom. The van der Waals surface area contributed by atoms with Gasteiger partial charge in [-0.1, -0.05) is 42.3 Å². The molecule has 28 heavy (non-hydrogen) atoms. The summed E-state index contributed by atoms with van der Waals surface area (Å²) in [6, 6.07) is 11.9. The van der Waals surface area contributed by atoms with Gasteiger partial charge in [0.25, 0.3) is 0 Å². The van der Waals surface area contributed by atoms with E-state index >= 15 is 0 Å². The number of benzene rings is 1. The molecule has 1 N–H and O–H groups in total. The van der Waals surface area contributed by atoms with Crippen LogP contribution < -0.4 is 5.32 Å². The highest BCUT2D eigenvalue weighted by Crippen LogP contribution is 2.51. The zero-order chi connectivity index (χ0) is 19.6. The van der Waals surface area contributed by atoms with Crippen molar-refractivity contribution in [1.82, 2.24) is 15.2 Å². The van der Waals surface area contributed by atoms with Crippen molar-refractivity contribution in [2.45, 2.75) is 39.2 Å². The molecular formula is C23H27N3O2. The minimum absolute atomic E-state index is 0.0258. The highest BCUT2D eigenvalue weighted by Gasteiger charge is 2.54. The second-order valence-electron chi connectivity index (χ2n) is 8.28. The lowest BCUT2D eigenvalue weighted by molar-refractivity contribution is -0.130. The molecule has 2 heterocycles. The Morgan fingerprint density at radius 3 is 2.61 bits per heavy atom. The molecule has 2 aliphatic rings. The third-order valence-electron chi connectivity index (χ3n) is 6.33. The molecular weight excluding hydrogens is 350 g/mol. The highest BCUT2D eigenvalue weighted by atomic mass is 16.2. The average Bonchev–Trinajstić information content (AvgIpc) is 3.10. The minimum Gasteiger partial charge on any atom is -0.352 e. The van der Waals surface area contributed by atoms with Gasteiger partial charge in [-0.15, -0.1) is 0 Å². The zero-order valence-electron chi connectivity index (χ0n) is 16.4. The first-order valence-corrected chi connectivity index (χ1v) is 10.1. The van der Waals surface area contributed by atoms with E-state index < -0.39 is 0 Å². The Morgan fingerprint density at radius 2 is 1.96 bits per heavy atom. The molecule has 4 rings (SSSR count). The van der Waals surface area contributed by atoms with Crippen molar-refractivity contribution in [1.29, 1.82) is 0 Å². The molecule has 1 spiro atoms. The smallest absolute Gasteiger partial charge is 0.227 e. The van der Waals surface area contributed by atoms with Crippen LogP contribution in [0.3, 0.4) is 0 Å². The molecule has 0 radical (unpaired) electrons. The Balaban J connectivity index is 1.39. The molecule has 1 aliphatic heterocycles. The number of amides is 2. The van der Waals surface area contributed by atoms with Gasteiger partial charge in [-0.25, -0.2) is 0 Å². The summed E-state index contributed by atoms with van der Waals surface area (Å²) in [5.41, 5.74) is 3.18. The van der Waals surface area contributed by atoms with Crippen LogP contribution in [0.2, 0.25) is 0 Å². The van der Waals surface area contributed by atoms with Gasteiger partial charge in [0, 0.05) is 37.4 Å². The molecule has 1 aliphatic carbocycles. The highest BCUT2D eigenvalue weighted by molar-refractivity contribution is 5.84. The first-order chi connectivity index (χ1) is 13.6. The van der Waals surface area contributed by atoms with E-state index in [0.29, 0.717) is 26.1 Å². The number of nitrogens with one attached hydrogen (secondary N) is 1. The standard InChI is InChI=1S/C23H27N3O2/c1-17-5-7-18(8-6-17)12-21(27)26-15-20(23(16-26)9-3-10-23)22(28)25-14-19-4-2-11-24-13-19/h2,4-8,11,13,20H,3,9-10,12,14-16H2,1H3,(H,25,28). The fourth-order valence-electron chi connectivity index (χ4n) is 4.46. The maximum Gasteiger partial charge on any atom is 0.227 e. The molecule has 5 nitrogen and oxygen atoms in total. The molecule has 2 amide bonds. The Hall–Kier alpha value is -2.69. The van der Waals surface area contributed by atoms with Crippen LogP contribution in [0.25, 0.3) is 0 Å². The summed E-state index contributed by atoms with van der Waals surface area (Å²) in [5.74, 6) is 0.0757. The number of hydrogen-bond acceptors (Lipinski definition) is 3. The van der Waals surface area contributed by atoms with Crippen molar-refractivity contribution < 1.29 is 9.59 Å². The second kappa shape index (κ2) is 7.74. The van der Waals surface area contributed by atoms with Crippen molar-refractivity contribution in [3.63, 3.8) is 0 Å². The molecule has 0 bridgehead atoms. The van der Waals surface area contributed by atoms with Crippen LogP contribution in [0.5, 0.6) is 0 Å². The Kier molecular flexibility index (Phi) is 5.16. The molecule has 1 atom stereocenters. The van der Waals surface area contributed by atoms with E-state index in [1.54, 1.807) is 12.4 Å². The topological polar surface area (TPSA) is 62.3 Å². The van der Waals surface area contributed by atoms with Crippen LogP contribution in [0, 0.1) is 18.3 Å². The molecule has 1 saturated heterocycles. The van der Waals surface area contributed by atoms with Crippen molar-refractivity contribution in [2.24, 2.45) is 11.3 Å². The zero-order valence-corrected chi connectivity index (χ0v) is 16.4. The number of aromatic nitrogens is 1. The molecule has 2 fully saturated rings. The lowest BCUT2D eigenvalue weighted by Gasteiger charge is -2.41. The van der Waals surface area contributed by atoms with Crippen molar-refractivity contribution in [3.8, 4) is 0 Å². The van der Waals surface area contributed by atoms with Crippen LogP contribution in [-0.2, 0) is 22.6 Å². The maximum atomic E-state index is 12.9. The van der Waals surface area contributed by atoms with Gasteiger partial charge in [-0.2, -0.15) is 0 Å². The summed E-state index contributed by atoms with van der Waals surface area (Å²) in [7, 11) is 0. The normalized spacial score (nSPS) is 20.0.